The molecule has 0 aromatic heterocycles. The maximum absolute atomic E-state index is 14.2. The fourth-order valence-corrected chi connectivity index (χ4v) is 2.81. The van der Waals surface area contributed by atoms with Crippen LogP contribution in [0.25, 0.3) is 11.1 Å². The molecule has 0 aliphatic carbocycles. The van der Waals surface area contributed by atoms with Crippen LogP contribution in [0.15, 0.2) is 53.6 Å². The first-order valence-electron chi connectivity index (χ1n) is 8.90. The van der Waals surface area contributed by atoms with Gasteiger partial charge in [0.2, 0.25) is 0 Å². The van der Waals surface area contributed by atoms with Gasteiger partial charge in [0.15, 0.2) is 0 Å². The number of carbonyl (C=O) groups is 1. The molecule has 0 atom stereocenters. The van der Waals surface area contributed by atoms with Crippen molar-refractivity contribution in [1.29, 1.82) is 0 Å². The second kappa shape index (κ2) is 9.17. The van der Waals surface area contributed by atoms with E-state index in [0.717, 1.165) is 18.9 Å². The Bertz CT molecular complexity index is 867. The number of hydrogen-bond acceptors (Lipinski definition) is 3. The molecule has 0 unspecified atom stereocenters. The number of rotatable bonds is 7. The molecule has 0 heterocycles. The fourth-order valence-electron chi connectivity index (χ4n) is 2.81. The Morgan fingerprint density at radius 1 is 1.04 bits per heavy atom. The molecule has 0 bridgehead atoms. The van der Waals surface area contributed by atoms with E-state index in [4.69, 9.17) is 0 Å². The van der Waals surface area contributed by atoms with Gasteiger partial charge in [0.05, 0.1) is 0 Å². The predicted octanol–water partition coefficient (Wildman–Crippen LogP) is 5.95. The van der Waals surface area contributed by atoms with E-state index >= 15 is 0 Å². The zero-order valence-corrected chi connectivity index (χ0v) is 15.9. The van der Waals surface area contributed by atoms with Gasteiger partial charge in [0.1, 0.15) is 23.6 Å². The normalized spacial score (nSPS) is 11.3. The van der Waals surface area contributed by atoms with Crippen LogP contribution in [0.1, 0.15) is 49.5 Å². The lowest BCUT2D eigenvalue weighted by Gasteiger charge is -2.11. The van der Waals surface area contributed by atoms with E-state index in [2.05, 4.69) is 19.9 Å². The van der Waals surface area contributed by atoms with Crippen LogP contribution in [0.5, 0.6) is 11.5 Å². The Labute approximate surface area is 159 Å². The maximum Gasteiger partial charge on any atom is 0.150 e. The smallest absolute Gasteiger partial charge is 0.150 e. The van der Waals surface area contributed by atoms with Crippen molar-refractivity contribution in [1.82, 2.24) is 0 Å². The molecule has 3 nitrogen and oxygen atoms in total. The lowest BCUT2D eigenvalue weighted by molar-refractivity contribution is 0.112. The number of aromatic hydroxyl groups is 2. The first kappa shape index (κ1) is 20.4. The van der Waals surface area contributed by atoms with Gasteiger partial charge in [-0.3, -0.25) is 4.79 Å². The maximum atomic E-state index is 14.2. The summed E-state index contributed by atoms with van der Waals surface area (Å²) < 4.78 is 14.2. The van der Waals surface area contributed by atoms with Gasteiger partial charge in [-0.15, -0.1) is 0 Å². The van der Waals surface area contributed by atoms with Gasteiger partial charge < -0.3 is 10.2 Å². The SMILES string of the molecule is CC(C)=CCC/C(C)=C/Cc1c(O)cc(-c2ccc(C=O)cc2F)cc1O. The number of halogens is 1. The molecule has 142 valence electrons. The second-order valence-electron chi connectivity index (χ2n) is 6.92. The van der Waals surface area contributed by atoms with Gasteiger partial charge in [0, 0.05) is 16.7 Å². The van der Waals surface area contributed by atoms with Crippen molar-refractivity contribution in [2.24, 2.45) is 0 Å². The fraction of sp³-hybridized carbons (Fsp3) is 0.261. The number of phenols is 2. The van der Waals surface area contributed by atoms with Crippen molar-refractivity contribution in [2.45, 2.75) is 40.0 Å². The van der Waals surface area contributed by atoms with E-state index in [-0.39, 0.29) is 22.6 Å². The average molecular weight is 368 g/mol. The molecule has 0 radical (unpaired) electrons. The monoisotopic (exact) mass is 368 g/mol. The van der Waals surface area contributed by atoms with E-state index in [1.54, 1.807) is 0 Å². The third-order valence-electron chi connectivity index (χ3n) is 4.39. The van der Waals surface area contributed by atoms with Crippen molar-refractivity contribution in [3.05, 3.63) is 70.6 Å². The van der Waals surface area contributed by atoms with Crippen LogP contribution >= 0.6 is 0 Å². The summed E-state index contributed by atoms with van der Waals surface area (Å²) in [6.07, 6.45) is 6.98. The number of hydrogen-bond donors (Lipinski definition) is 2. The average Bonchev–Trinajstić information content (AvgIpc) is 2.60. The second-order valence-corrected chi connectivity index (χ2v) is 6.92. The summed E-state index contributed by atoms with van der Waals surface area (Å²) in [7, 11) is 0. The third-order valence-corrected chi connectivity index (χ3v) is 4.39. The van der Waals surface area contributed by atoms with E-state index in [1.165, 1.54) is 35.4 Å². The first-order chi connectivity index (χ1) is 12.8. The number of allylic oxidation sites excluding steroid dienone is 4. The van der Waals surface area contributed by atoms with Crippen LogP contribution in [0.2, 0.25) is 0 Å². The number of benzene rings is 2. The Balaban J connectivity index is 2.22. The molecule has 0 amide bonds. The summed E-state index contributed by atoms with van der Waals surface area (Å²) in [6.45, 7) is 6.14. The van der Waals surface area contributed by atoms with Crippen molar-refractivity contribution >= 4 is 6.29 Å². The van der Waals surface area contributed by atoms with Crippen LogP contribution in [-0.2, 0) is 6.42 Å². The molecular formula is C23H25FO3. The van der Waals surface area contributed by atoms with E-state index < -0.39 is 5.82 Å². The molecule has 2 aromatic rings. The molecule has 0 aliphatic rings. The highest BCUT2D eigenvalue weighted by Gasteiger charge is 2.13. The predicted molar refractivity (Wildman–Crippen MR) is 107 cm³/mol. The largest absolute Gasteiger partial charge is 0.507 e. The van der Waals surface area contributed by atoms with Crippen LogP contribution in [0, 0.1) is 5.82 Å². The molecule has 27 heavy (non-hydrogen) atoms. The molecule has 0 fully saturated rings. The van der Waals surface area contributed by atoms with Gasteiger partial charge in [0.25, 0.3) is 0 Å². The minimum atomic E-state index is -0.582. The molecule has 0 saturated carbocycles. The lowest BCUT2D eigenvalue weighted by Crippen LogP contribution is -1.91. The Morgan fingerprint density at radius 3 is 2.26 bits per heavy atom. The molecule has 2 aromatic carbocycles. The molecule has 0 saturated heterocycles. The summed E-state index contributed by atoms with van der Waals surface area (Å²) in [5.74, 6) is -0.754. The molecular weight excluding hydrogens is 343 g/mol. The summed E-state index contributed by atoms with van der Waals surface area (Å²) in [4.78, 5) is 10.7. The van der Waals surface area contributed by atoms with E-state index in [0.29, 0.717) is 23.8 Å². The summed E-state index contributed by atoms with van der Waals surface area (Å²) in [5.41, 5.74) is 3.66. The Morgan fingerprint density at radius 2 is 1.70 bits per heavy atom. The highest BCUT2D eigenvalue weighted by molar-refractivity contribution is 5.78. The van der Waals surface area contributed by atoms with E-state index in [9.17, 15) is 19.4 Å². The summed E-state index contributed by atoms with van der Waals surface area (Å²) in [6, 6.07) is 6.94. The molecule has 0 spiro atoms. The molecule has 4 heteroatoms. The zero-order chi connectivity index (χ0) is 20.0. The van der Waals surface area contributed by atoms with Crippen LogP contribution < -0.4 is 0 Å². The molecule has 2 rings (SSSR count). The topological polar surface area (TPSA) is 57.5 Å². The van der Waals surface area contributed by atoms with Crippen molar-refractivity contribution in [2.75, 3.05) is 0 Å². The van der Waals surface area contributed by atoms with Crippen LogP contribution in [-0.4, -0.2) is 16.5 Å². The lowest BCUT2D eigenvalue weighted by atomic mass is 9.98. The Hall–Kier alpha value is -2.88. The zero-order valence-electron chi connectivity index (χ0n) is 15.9. The van der Waals surface area contributed by atoms with Crippen LogP contribution in [0.3, 0.4) is 0 Å². The van der Waals surface area contributed by atoms with Crippen molar-refractivity contribution in [3.8, 4) is 22.6 Å². The highest BCUT2D eigenvalue weighted by atomic mass is 19.1. The number of phenolic OH excluding ortho intramolecular Hbond substituents is 2. The first-order valence-corrected chi connectivity index (χ1v) is 8.90. The van der Waals surface area contributed by atoms with Gasteiger partial charge in [-0.25, -0.2) is 4.39 Å². The quantitative estimate of drug-likeness (QED) is 0.469. The molecule has 2 N–H and O–H groups in total. The van der Waals surface area contributed by atoms with Crippen molar-refractivity contribution in [3.63, 3.8) is 0 Å². The number of aldehydes is 1. The van der Waals surface area contributed by atoms with Gasteiger partial charge in [-0.2, -0.15) is 0 Å². The van der Waals surface area contributed by atoms with Gasteiger partial charge >= 0.3 is 0 Å². The minimum Gasteiger partial charge on any atom is -0.507 e. The van der Waals surface area contributed by atoms with Gasteiger partial charge in [-0.1, -0.05) is 35.4 Å². The number of carbonyl (C=O) groups excluding carboxylic acids is 1. The standard InChI is InChI=1S/C23H25FO3/c1-15(2)5-4-6-16(3)7-9-20-22(26)12-18(13-23(20)27)19-10-8-17(14-25)11-21(19)24/h5,7-8,10-14,26-27H,4,6,9H2,1-3H3/b16-7+. The molecule has 0 aliphatic heterocycles. The minimum absolute atomic E-state index is 0.0859. The van der Waals surface area contributed by atoms with Crippen molar-refractivity contribution < 1.29 is 19.4 Å². The summed E-state index contributed by atoms with van der Waals surface area (Å²) >= 11 is 0. The van der Waals surface area contributed by atoms with E-state index in [1.807, 2.05) is 13.0 Å². The third kappa shape index (κ3) is 5.55. The van der Waals surface area contributed by atoms with Crippen LogP contribution in [0.4, 0.5) is 4.39 Å². The van der Waals surface area contributed by atoms with Gasteiger partial charge in [-0.05, 0) is 63.8 Å². The highest BCUT2D eigenvalue weighted by Crippen LogP contribution is 2.35. The summed E-state index contributed by atoms with van der Waals surface area (Å²) in [5, 5.41) is 20.6. The Kier molecular flexibility index (Phi) is 6.94.